The fourth-order valence-electron chi connectivity index (χ4n) is 4.35. The molecule has 1 N–H and O–H groups in total. The van der Waals surface area contributed by atoms with E-state index in [9.17, 15) is 19.7 Å². The molecule has 4 rings (SSSR count). The first-order valence-corrected chi connectivity index (χ1v) is 12.9. The van der Waals surface area contributed by atoms with Crippen molar-refractivity contribution in [2.45, 2.75) is 26.2 Å². The third-order valence-corrected chi connectivity index (χ3v) is 7.43. The van der Waals surface area contributed by atoms with E-state index in [0.717, 1.165) is 61.8 Å². The predicted molar refractivity (Wildman–Crippen MR) is 136 cm³/mol. The first-order valence-electron chi connectivity index (χ1n) is 11.7. The largest absolute Gasteiger partial charge is 0.371 e. The lowest BCUT2D eigenvalue weighted by Crippen LogP contribution is -2.38. The van der Waals surface area contributed by atoms with Gasteiger partial charge in [-0.25, -0.2) is 0 Å². The van der Waals surface area contributed by atoms with E-state index < -0.39 is 4.92 Å². The van der Waals surface area contributed by atoms with E-state index >= 15 is 0 Å². The zero-order chi connectivity index (χ0) is 24.1. The van der Waals surface area contributed by atoms with Crippen molar-refractivity contribution in [1.82, 2.24) is 4.90 Å². The normalized spacial score (nSPS) is 16.9. The lowest BCUT2D eigenvalue weighted by atomic mass is 9.98. The summed E-state index contributed by atoms with van der Waals surface area (Å²) in [5.41, 5.74) is 2.38. The summed E-state index contributed by atoms with van der Waals surface area (Å²) in [5, 5.41) is 14.2. The Morgan fingerprint density at radius 1 is 1.06 bits per heavy atom. The van der Waals surface area contributed by atoms with Crippen molar-refractivity contribution in [3.8, 4) is 0 Å². The zero-order valence-electron chi connectivity index (χ0n) is 19.4. The van der Waals surface area contributed by atoms with E-state index in [1.54, 1.807) is 18.2 Å². The van der Waals surface area contributed by atoms with Crippen LogP contribution in [-0.4, -0.2) is 59.3 Å². The SMILES string of the molecule is CC1CCN(c2ccc([N+](=O)[O-])cc2C(=O)Nc2ccc(CC(=O)N3CCSCC3)cc2)CC1. The minimum atomic E-state index is -0.480. The minimum absolute atomic E-state index is 0.107. The van der Waals surface area contributed by atoms with Gasteiger partial charge in [0.05, 0.1) is 22.6 Å². The summed E-state index contributed by atoms with van der Waals surface area (Å²) in [6.45, 7) is 5.43. The van der Waals surface area contributed by atoms with Gasteiger partial charge >= 0.3 is 0 Å². The number of nitrogens with zero attached hydrogens (tertiary/aromatic N) is 3. The molecule has 2 fully saturated rings. The number of nitro groups is 1. The lowest BCUT2D eigenvalue weighted by molar-refractivity contribution is -0.384. The van der Waals surface area contributed by atoms with Crippen molar-refractivity contribution in [3.63, 3.8) is 0 Å². The molecule has 8 nitrogen and oxygen atoms in total. The Morgan fingerprint density at radius 2 is 1.74 bits per heavy atom. The number of hydrogen-bond acceptors (Lipinski definition) is 6. The summed E-state index contributed by atoms with van der Waals surface area (Å²) < 4.78 is 0. The van der Waals surface area contributed by atoms with Gasteiger partial charge in [-0.15, -0.1) is 0 Å². The number of anilines is 2. The quantitative estimate of drug-likeness (QED) is 0.490. The average Bonchev–Trinajstić information content (AvgIpc) is 2.86. The third-order valence-electron chi connectivity index (χ3n) is 6.49. The maximum absolute atomic E-state index is 13.2. The summed E-state index contributed by atoms with van der Waals surface area (Å²) >= 11 is 1.87. The second kappa shape index (κ2) is 10.9. The van der Waals surface area contributed by atoms with Gasteiger partial charge in [0.1, 0.15) is 0 Å². The first kappa shape index (κ1) is 24.1. The molecule has 2 heterocycles. The fraction of sp³-hybridized carbons (Fsp3) is 0.440. The summed E-state index contributed by atoms with van der Waals surface area (Å²) in [5.74, 6) is 2.33. The summed E-state index contributed by atoms with van der Waals surface area (Å²) in [6, 6.07) is 11.7. The van der Waals surface area contributed by atoms with Crippen LogP contribution >= 0.6 is 11.8 Å². The molecule has 0 bridgehead atoms. The molecule has 0 saturated carbocycles. The van der Waals surface area contributed by atoms with Gasteiger partial charge in [-0.2, -0.15) is 11.8 Å². The topological polar surface area (TPSA) is 95.8 Å². The summed E-state index contributed by atoms with van der Waals surface area (Å²) in [4.78, 5) is 40.5. The molecule has 2 aliphatic rings. The van der Waals surface area contributed by atoms with Crippen LogP contribution in [0.3, 0.4) is 0 Å². The highest BCUT2D eigenvalue weighted by Crippen LogP contribution is 2.30. The molecule has 34 heavy (non-hydrogen) atoms. The molecule has 0 spiro atoms. The molecule has 2 aliphatic heterocycles. The Labute approximate surface area is 203 Å². The minimum Gasteiger partial charge on any atom is -0.371 e. The van der Waals surface area contributed by atoms with Crippen LogP contribution in [-0.2, 0) is 11.2 Å². The summed E-state index contributed by atoms with van der Waals surface area (Å²) in [6.07, 6.45) is 2.38. The van der Waals surface area contributed by atoms with Crippen molar-refractivity contribution in [3.05, 3.63) is 63.7 Å². The van der Waals surface area contributed by atoms with Crippen molar-refractivity contribution in [1.29, 1.82) is 0 Å². The fourth-order valence-corrected chi connectivity index (χ4v) is 5.25. The van der Waals surface area contributed by atoms with E-state index in [0.29, 0.717) is 23.6 Å². The van der Waals surface area contributed by atoms with Gasteiger partial charge in [0, 0.05) is 55.5 Å². The second-order valence-corrected chi connectivity index (χ2v) is 10.2. The van der Waals surface area contributed by atoms with Gasteiger partial charge < -0.3 is 15.1 Å². The number of benzene rings is 2. The number of carbonyl (C=O) groups excluding carboxylic acids is 2. The molecular weight excluding hydrogens is 452 g/mol. The van der Waals surface area contributed by atoms with E-state index in [4.69, 9.17) is 0 Å². The van der Waals surface area contributed by atoms with Gasteiger partial charge in [0.2, 0.25) is 5.91 Å². The van der Waals surface area contributed by atoms with Crippen LogP contribution in [0.1, 0.15) is 35.7 Å². The second-order valence-electron chi connectivity index (χ2n) is 8.95. The van der Waals surface area contributed by atoms with Crippen LogP contribution in [0.25, 0.3) is 0 Å². The Balaban J connectivity index is 1.46. The molecule has 2 aromatic rings. The van der Waals surface area contributed by atoms with Crippen LogP contribution in [0.5, 0.6) is 0 Å². The number of hydrogen-bond donors (Lipinski definition) is 1. The number of piperidine rings is 1. The lowest BCUT2D eigenvalue weighted by Gasteiger charge is -2.33. The number of rotatable bonds is 6. The van der Waals surface area contributed by atoms with Crippen molar-refractivity contribution >= 4 is 40.6 Å². The number of non-ortho nitro benzene ring substituents is 1. The Hall–Kier alpha value is -3.07. The number of nitro benzene ring substituents is 1. The van der Waals surface area contributed by atoms with Crippen LogP contribution in [0.15, 0.2) is 42.5 Å². The molecule has 2 saturated heterocycles. The molecule has 0 unspecified atom stereocenters. The highest BCUT2D eigenvalue weighted by Gasteiger charge is 2.24. The van der Waals surface area contributed by atoms with Crippen LogP contribution in [0.4, 0.5) is 17.1 Å². The van der Waals surface area contributed by atoms with E-state index in [1.807, 2.05) is 28.8 Å². The van der Waals surface area contributed by atoms with Gasteiger partial charge in [0.25, 0.3) is 11.6 Å². The van der Waals surface area contributed by atoms with E-state index in [1.165, 1.54) is 12.1 Å². The van der Waals surface area contributed by atoms with Crippen LogP contribution < -0.4 is 10.2 Å². The first-order chi connectivity index (χ1) is 16.4. The highest BCUT2D eigenvalue weighted by molar-refractivity contribution is 7.99. The molecule has 0 atom stereocenters. The smallest absolute Gasteiger partial charge is 0.270 e. The van der Waals surface area contributed by atoms with Gasteiger partial charge in [-0.05, 0) is 42.5 Å². The number of nitrogens with one attached hydrogen (secondary N) is 1. The zero-order valence-corrected chi connectivity index (χ0v) is 20.2. The molecule has 2 aromatic carbocycles. The van der Waals surface area contributed by atoms with Gasteiger partial charge in [-0.3, -0.25) is 19.7 Å². The number of amides is 2. The molecular formula is C25H30N4O4S. The monoisotopic (exact) mass is 482 g/mol. The van der Waals surface area contributed by atoms with Crippen molar-refractivity contribution in [2.75, 3.05) is 47.9 Å². The highest BCUT2D eigenvalue weighted by atomic mass is 32.2. The standard InChI is InChI=1S/C25H30N4O4S/c1-18-8-10-27(11-9-18)23-7-6-21(29(32)33)17-22(23)25(31)26-20-4-2-19(3-5-20)16-24(30)28-12-14-34-15-13-28/h2-7,17-18H,8-16H2,1H3,(H,26,31). The van der Waals surface area contributed by atoms with Crippen LogP contribution in [0.2, 0.25) is 0 Å². The maximum atomic E-state index is 13.2. The van der Waals surface area contributed by atoms with Gasteiger partial charge in [-0.1, -0.05) is 19.1 Å². The molecule has 0 radical (unpaired) electrons. The molecule has 180 valence electrons. The third kappa shape index (κ3) is 5.88. The number of thioether (sulfide) groups is 1. The average molecular weight is 483 g/mol. The summed E-state index contributed by atoms with van der Waals surface area (Å²) in [7, 11) is 0. The van der Waals surface area contributed by atoms with E-state index in [2.05, 4.69) is 17.1 Å². The Bertz CT molecular complexity index is 1050. The Kier molecular flexibility index (Phi) is 7.72. The molecule has 0 aromatic heterocycles. The van der Waals surface area contributed by atoms with Gasteiger partial charge in [0.15, 0.2) is 0 Å². The van der Waals surface area contributed by atoms with Crippen LogP contribution in [0, 0.1) is 16.0 Å². The van der Waals surface area contributed by atoms with E-state index in [-0.39, 0.29) is 17.5 Å². The molecule has 9 heteroatoms. The number of carbonyl (C=O) groups is 2. The Morgan fingerprint density at radius 3 is 2.38 bits per heavy atom. The predicted octanol–water partition coefficient (Wildman–Crippen LogP) is 4.20. The maximum Gasteiger partial charge on any atom is 0.270 e. The van der Waals surface area contributed by atoms with Crippen molar-refractivity contribution < 1.29 is 14.5 Å². The molecule has 0 aliphatic carbocycles. The van der Waals surface area contributed by atoms with Crippen molar-refractivity contribution in [2.24, 2.45) is 5.92 Å². The molecule has 2 amide bonds.